The van der Waals surface area contributed by atoms with Crippen LogP contribution in [0.3, 0.4) is 0 Å². The third kappa shape index (κ3) is 3.83. The fourth-order valence-electron chi connectivity index (χ4n) is 1.13. The number of sulfonamides is 1. The van der Waals surface area contributed by atoms with Gasteiger partial charge in [0.05, 0.1) is 11.9 Å². The van der Waals surface area contributed by atoms with Gasteiger partial charge in [0.25, 0.3) is 0 Å². The summed E-state index contributed by atoms with van der Waals surface area (Å²) in [6.07, 6.45) is -4.93. The molecule has 110 valence electrons. The van der Waals surface area contributed by atoms with E-state index in [1.807, 2.05) is 0 Å². The third-order valence-electron chi connectivity index (χ3n) is 2.32. The molecular formula is C9H13F3N2O4S. The molecule has 0 radical (unpaired) electrons. The molecule has 1 heterocycles. The summed E-state index contributed by atoms with van der Waals surface area (Å²) in [5, 5.41) is 0. The minimum atomic E-state index is -4.69. The van der Waals surface area contributed by atoms with E-state index in [0.717, 1.165) is 7.05 Å². The molecule has 6 nitrogen and oxygen atoms in total. The maximum atomic E-state index is 12.3. The van der Waals surface area contributed by atoms with Gasteiger partial charge in [-0.1, -0.05) is 0 Å². The van der Waals surface area contributed by atoms with Crippen molar-refractivity contribution in [3.05, 3.63) is 12.0 Å². The number of oxazole rings is 1. The van der Waals surface area contributed by atoms with Crippen LogP contribution in [0.1, 0.15) is 12.6 Å². The van der Waals surface area contributed by atoms with Crippen molar-refractivity contribution in [2.75, 3.05) is 24.2 Å². The first-order valence-electron chi connectivity index (χ1n) is 5.10. The molecule has 1 unspecified atom stereocenters. The number of anilines is 1. The average Bonchev–Trinajstić information content (AvgIpc) is 2.75. The first-order valence-corrected chi connectivity index (χ1v) is 6.71. The maximum Gasteiger partial charge on any atom is 0.436 e. The minimum absolute atomic E-state index is 0.362. The number of ether oxygens (including phenoxy) is 1. The molecule has 0 N–H and O–H groups in total. The van der Waals surface area contributed by atoms with Crippen molar-refractivity contribution in [2.45, 2.75) is 19.2 Å². The smallest absolute Gasteiger partial charge is 0.431 e. The third-order valence-corrected chi connectivity index (χ3v) is 4.20. The van der Waals surface area contributed by atoms with Crippen LogP contribution in [-0.4, -0.2) is 39.4 Å². The molecule has 0 spiro atoms. The summed E-state index contributed by atoms with van der Waals surface area (Å²) in [6.45, 7) is 1.52. The van der Waals surface area contributed by atoms with Crippen LogP contribution in [0.2, 0.25) is 0 Å². The van der Waals surface area contributed by atoms with Crippen molar-refractivity contribution >= 4 is 16.0 Å². The number of rotatable bonds is 5. The van der Waals surface area contributed by atoms with Gasteiger partial charge in [-0.25, -0.2) is 12.7 Å². The lowest BCUT2D eigenvalue weighted by Crippen LogP contribution is -2.34. The molecule has 0 bridgehead atoms. The molecule has 19 heavy (non-hydrogen) atoms. The number of aromatic nitrogens is 1. The zero-order valence-corrected chi connectivity index (χ0v) is 11.2. The van der Waals surface area contributed by atoms with E-state index >= 15 is 0 Å². The number of hydrogen-bond acceptors (Lipinski definition) is 5. The molecule has 1 aromatic rings. The largest absolute Gasteiger partial charge is 0.436 e. The SMILES string of the molecule is COC(C)CS(=O)(=O)N(C)c1nc(C(F)(F)F)co1. The molecule has 0 fully saturated rings. The van der Waals surface area contributed by atoms with E-state index < -0.39 is 39.8 Å². The number of hydrogen-bond donors (Lipinski definition) is 0. The van der Waals surface area contributed by atoms with Gasteiger partial charge in [0, 0.05) is 14.2 Å². The maximum absolute atomic E-state index is 12.3. The summed E-state index contributed by atoms with van der Waals surface area (Å²) in [6, 6.07) is -0.643. The van der Waals surface area contributed by atoms with Crippen LogP contribution >= 0.6 is 0 Å². The van der Waals surface area contributed by atoms with Gasteiger partial charge in [-0.3, -0.25) is 0 Å². The highest BCUT2D eigenvalue weighted by atomic mass is 32.2. The Labute approximate surface area is 108 Å². The number of alkyl halides is 3. The molecule has 1 rings (SSSR count). The lowest BCUT2D eigenvalue weighted by Gasteiger charge is -2.17. The summed E-state index contributed by atoms with van der Waals surface area (Å²) >= 11 is 0. The van der Waals surface area contributed by atoms with E-state index in [9.17, 15) is 21.6 Å². The molecule has 1 aromatic heterocycles. The first-order chi connectivity index (χ1) is 8.58. The van der Waals surface area contributed by atoms with E-state index in [2.05, 4.69) is 9.40 Å². The van der Waals surface area contributed by atoms with Gasteiger partial charge in [0.15, 0.2) is 5.69 Å². The molecule has 0 saturated heterocycles. The Morgan fingerprint density at radius 2 is 2.11 bits per heavy atom. The predicted molar refractivity (Wildman–Crippen MR) is 60.2 cm³/mol. The normalized spacial score (nSPS) is 14.4. The van der Waals surface area contributed by atoms with Crippen molar-refractivity contribution in [3.63, 3.8) is 0 Å². The van der Waals surface area contributed by atoms with E-state index in [1.54, 1.807) is 0 Å². The lowest BCUT2D eigenvalue weighted by molar-refractivity contribution is -0.141. The van der Waals surface area contributed by atoms with Crippen LogP contribution in [0.15, 0.2) is 10.7 Å². The van der Waals surface area contributed by atoms with Crippen molar-refractivity contribution in [2.24, 2.45) is 0 Å². The Hall–Kier alpha value is -1.29. The molecule has 10 heteroatoms. The molecular weight excluding hydrogens is 289 g/mol. The lowest BCUT2D eigenvalue weighted by atomic mass is 10.5. The van der Waals surface area contributed by atoms with E-state index in [4.69, 9.17) is 4.74 Å². The molecule has 0 aliphatic rings. The molecule has 0 amide bonds. The van der Waals surface area contributed by atoms with Gasteiger partial charge in [0.1, 0.15) is 6.26 Å². The topological polar surface area (TPSA) is 72.6 Å². The van der Waals surface area contributed by atoms with E-state index in [0.29, 0.717) is 10.6 Å². The highest BCUT2D eigenvalue weighted by molar-refractivity contribution is 7.92. The molecule has 1 atom stereocenters. The monoisotopic (exact) mass is 302 g/mol. The summed E-state index contributed by atoms with van der Waals surface area (Å²) < 4.78 is 70.5. The predicted octanol–water partition coefficient (Wildman–Crippen LogP) is 1.49. The van der Waals surface area contributed by atoms with Gasteiger partial charge in [-0.2, -0.15) is 18.2 Å². The van der Waals surface area contributed by atoms with Crippen LogP contribution in [-0.2, 0) is 20.9 Å². The second-order valence-corrected chi connectivity index (χ2v) is 5.85. The Bertz CT molecular complexity index is 526. The Morgan fingerprint density at radius 3 is 2.53 bits per heavy atom. The zero-order valence-electron chi connectivity index (χ0n) is 10.4. The standard InChI is InChI=1S/C9H13F3N2O4S/c1-6(17-3)5-19(15,16)14(2)8-13-7(4-18-8)9(10,11)12/h4,6H,5H2,1-3H3. The minimum Gasteiger partial charge on any atom is -0.431 e. The highest BCUT2D eigenvalue weighted by Crippen LogP contribution is 2.30. The van der Waals surface area contributed by atoms with Gasteiger partial charge < -0.3 is 9.15 Å². The van der Waals surface area contributed by atoms with Crippen molar-refractivity contribution in [1.29, 1.82) is 0 Å². The number of nitrogens with zero attached hydrogens (tertiary/aromatic N) is 2. The van der Waals surface area contributed by atoms with Gasteiger partial charge in [0.2, 0.25) is 10.0 Å². The van der Waals surface area contributed by atoms with E-state index in [1.165, 1.54) is 14.0 Å². The Balaban J connectivity index is 2.94. The van der Waals surface area contributed by atoms with Crippen LogP contribution in [0, 0.1) is 0 Å². The van der Waals surface area contributed by atoms with Crippen LogP contribution in [0.5, 0.6) is 0 Å². The Kier molecular flexibility index (Phi) is 4.46. The number of halogens is 3. The van der Waals surface area contributed by atoms with Crippen molar-refractivity contribution in [3.8, 4) is 0 Å². The average molecular weight is 302 g/mol. The van der Waals surface area contributed by atoms with Gasteiger partial charge in [-0.05, 0) is 6.92 Å². The van der Waals surface area contributed by atoms with Gasteiger partial charge in [-0.15, -0.1) is 0 Å². The Morgan fingerprint density at radius 1 is 1.53 bits per heavy atom. The van der Waals surface area contributed by atoms with Crippen molar-refractivity contribution in [1.82, 2.24) is 4.98 Å². The highest BCUT2D eigenvalue weighted by Gasteiger charge is 2.36. The van der Waals surface area contributed by atoms with Crippen LogP contribution < -0.4 is 4.31 Å². The zero-order chi connectivity index (χ0) is 14.8. The summed E-state index contributed by atoms with van der Waals surface area (Å²) in [7, 11) is -1.49. The van der Waals surface area contributed by atoms with Crippen LogP contribution in [0.4, 0.5) is 19.2 Å². The second-order valence-electron chi connectivity index (χ2n) is 3.81. The summed E-state index contributed by atoms with van der Waals surface area (Å²) in [5.41, 5.74) is -1.29. The first kappa shape index (κ1) is 15.8. The quantitative estimate of drug-likeness (QED) is 0.824. The molecule has 0 aliphatic heterocycles. The van der Waals surface area contributed by atoms with Crippen molar-refractivity contribution < 1.29 is 30.7 Å². The van der Waals surface area contributed by atoms with Crippen LogP contribution in [0.25, 0.3) is 0 Å². The summed E-state index contributed by atoms with van der Waals surface area (Å²) in [5.74, 6) is -0.399. The fourth-order valence-corrected chi connectivity index (χ4v) is 2.41. The fraction of sp³-hybridized carbons (Fsp3) is 0.667. The van der Waals surface area contributed by atoms with Gasteiger partial charge >= 0.3 is 12.2 Å². The summed E-state index contributed by atoms with van der Waals surface area (Å²) in [4.78, 5) is 3.10. The second kappa shape index (κ2) is 5.37. The van der Waals surface area contributed by atoms with E-state index in [-0.39, 0.29) is 0 Å². The molecule has 0 aromatic carbocycles. The molecule has 0 saturated carbocycles. The number of methoxy groups -OCH3 is 1. The molecule has 0 aliphatic carbocycles.